The zero-order valence-corrected chi connectivity index (χ0v) is 21.6. The standard InChI is InChI=1S/C29H36N2O5/c1-5-6-7-12-27(32)31-17-15-22-13-14-23(19-24(22)28(31)29(33)34)35-18-16-25-21(4)36-26(30-25)11-9-8-10-20(2)3/h5-7,9,11-14,19-20,28H,8,10,15-18H2,1-4H3,(H,33,34)/b6-5?,11-9+,12-7?. The van der Waals surface area contributed by atoms with E-state index >= 15 is 0 Å². The fourth-order valence-corrected chi connectivity index (χ4v) is 4.16. The maximum atomic E-state index is 12.6. The predicted molar refractivity (Wildman–Crippen MR) is 140 cm³/mol. The Bertz CT molecular complexity index is 1140. The van der Waals surface area contributed by atoms with Gasteiger partial charge in [0.15, 0.2) is 6.04 Å². The number of carbonyl (C=O) groups is 2. The van der Waals surface area contributed by atoms with Crippen LogP contribution in [-0.4, -0.2) is 40.0 Å². The molecule has 1 N–H and O–H groups in total. The van der Waals surface area contributed by atoms with E-state index in [0.717, 1.165) is 29.9 Å². The zero-order chi connectivity index (χ0) is 26.1. The van der Waals surface area contributed by atoms with Gasteiger partial charge in [-0.2, -0.15) is 0 Å². The number of rotatable bonds is 11. The van der Waals surface area contributed by atoms with Crippen LogP contribution in [0.2, 0.25) is 0 Å². The molecule has 2 heterocycles. The van der Waals surface area contributed by atoms with E-state index in [1.807, 2.05) is 32.1 Å². The van der Waals surface area contributed by atoms with Crippen molar-refractivity contribution in [1.82, 2.24) is 9.88 Å². The van der Waals surface area contributed by atoms with Crippen molar-refractivity contribution in [3.63, 3.8) is 0 Å². The Kier molecular flexibility index (Phi) is 9.68. The summed E-state index contributed by atoms with van der Waals surface area (Å²) in [6, 6.07) is 4.42. The van der Waals surface area contributed by atoms with Gasteiger partial charge < -0.3 is 19.2 Å². The van der Waals surface area contributed by atoms with Crippen LogP contribution in [0.1, 0.15) is 68.1 Å². The quantitative estimate of drug-likeness (QED) is 0.320. The fourth-order valence-electron chi connectivity index (χ4n) is 4.16. The summed E-state index contributed by atoms with van der Waals surface area (Å²) in [5, 5.41) is 9.93. The fraction of sp³-hybridized carbons (Fsp3) is 0.414. The number of ether oxygens (including phenoxy) is 1. The van der Waals surface area contributed by atoms with Crippen molar-refractivity contribution < 1.29 is 23.8 Å². The number of hydrogen-bond acceptors (Lipinski definition) is 5. The Morgan fingerprint density at radius 2 is 2.11 bits per heavy atom. The first-order valence-corrected chi connectivity index (χ1v) is 12.5. The molecule has 1 aromatic carbocycles. The number of nitrogens with zero attached hydrogens (tertiary/aromatic N) is 2. The predicted octanol–water partition coefficient (Wildman–Crippen LogP) is 5.70. The second-order valence-corrected chi connectivity index (χ2v) is 9.29. The molecule has 0 bridgehead atoms. The number of aliphatic carboxylic acids is 1. The molecule has 0 radical (unpaired) electrons. The lowest BCUT2D eigenvalue weighted by Crippen LogP contribution is -2.42. The molecule has 2 aromatic rings. The lowest BCUT2D eigenvalue weighted by Gasteiger charge is -2.34. The van der Waals surface area contributed by atoms with Crippen molar-refractivity contribution in [3.8, 4) is 5.75 Å². The summed E-state index contributed by atoms with van der Waals surface area (Å²) in [6.07, 6.45) is 13.8. The Morgan fingerprint density at radius 3 is 2.83 bits per heavy atom. The second-order valence-electron chi connectivity index (χ2n) is 9.29. The molecule has 7 heteroatoms. The van der Waals surface area contributed by atoms with Gasteiger partial charge in [-0.1, -0.05) is 44.2 Å². The third-order valence-corrected chi connectivity index (χ3v) is 6.09. The molecule has 1 atom stereocenters. The van der Waals surface area contributed by atoms with Crippen LogP contribution in [-0.2, 0) is 22.4 Å². The first-order chi connectivity index (χ1) is 17.3. The molecule has 1 amide bonds. The highest BCUT2D eigenvalue weighted by atomic mass is 16.5. The van der Waals surface area contributed by atoms with E-state index in [1.165, 1.54) is 11.0 Å². The van der Waals surface area contributed by atoms with Crippen molar-refractivity contribution in [2.45, 2.75) is 59.4 Å². The van der Waals surface area contributed by atoms with Crippen LogP contribution in [0, 0.1) is 12.8 Å². The maximum absolute atomic E-state index is 12.6. The number of carboxylic acid groups (broad SMARTS) is 1. The molecule has 1 unspecified atom stereocenters. The van der Waals surface area contributed by atoms with Gasteiger partial charge >= 0.3 is 5.97 Å². The number of allylic oxidation sites excluding steroid dienone is 4. The van der Waals surface area contributed by atoms with Gasteiger partial charge in [0, 0.05) is 19.0 Å². The van der Waals surface area contributed by atoms with Gasteiger partial charge in [-0.3, -0.25) is 4.79 Å². The molecule has 0 saturated heterocycles. The van der Waals surface area contributed by atoms with Crippen molar-refractivity contribution >= 4 is 18.0 Å². The smallest absolute Gasteiger partial charge is 0.331 e. The second kappa shape index (κ2) is 12.9. The van der Waals surface area contributed by atoms with Gasteiger partial charge in [0.25, 0.3) is 0 Å². The summed E-state index contributed by atoms with van der Waals surface area (Å²) in [7, 11) is 0. The lowest BCUT2D eigenvalue weighted by atomic mass is 9.92. The van der Waals surface area contributed by atoms with E-state index in [9.17, 15) is 14.7 Å². The van der Waals surface area contributed by atoms with Crippen LogP contribution in [0.5, 0.6) is 5.75 Å². The molecule has 36 heavy (non-hydrogen) atoms. The molecule has 0 saturated carbocycles. The monoisotopic (exact) mass is 492 g/mol. The SMILES string of the molecule is CC=CC=CC(=O)N1CCc2ccc(OCCc3nc(/C=C/CCC(C)C)oc3C)cc2C1C(=O)O. The highest BCUT2D eigenvalue weighted by molar-refractivity contribution is 5.92. The van der Waals surface area contributed by atoms with Crippen molar-refractivity contribution in [1.29, 1.82) is 0 Å². The van der Waals surface area contributed by atoms with E-state index in [4.69, 9.17) is 9.15 Å². The van der Waals surface area contributed by atoms with Gasteiger partial charge in [-0.05, 0) is 68.4 Å². The number of amides is 1. The minimum absolute atomic E-state index is 0.326. The molecule has 0 aliphatic carbocycles. The van der Waals surface area contributed by atoms with Crippen molar-refractivity contribution in [2.75, 3.05) is 13.2 Å². The van der Waals surface area contributed by atoms with E-state index in [1.54, 1.807) is 24.3 Å². The van der Waals surface area contributed by atoms with Crippen molar-refractivity contribution in [2.24, 2.45) is 5.92 Å². The Morgan fingerprint density at radius 1 is 1.31 bits per heavy atom. The number of oxazole rings is 1. The number of fused-ring (bicyclic) bond motifs is 1. The number of benzene rings is 1. The van der Waals surface area contributed by atoms with Crippen molar-refractivity contribution in [3.05, 3.63) is 77.1 Å². The topological polar surface area (TPSA) is 92.9 Å². The number of carbonyl (C=O) groups excluding carboxylic acids is 1. The Balaban J connectivity index is 1.66. The molecule has 0 fully saturated rings. The number of carboxylic acids is 1. The van der Waals surface area contributed by atoms with Gasteiger partial charge in [0.05, 0.1) is 12.3 Å². The minimum atomic E-state index is -1.06. The summed E-state index contributed by atoms with van der Waals surface area (Å²) >= 11 is 0. The first kappa shape index (κ1) is 27.0. The zero-order valence-electron chi connectivity index (χ0n) is 21.6. The molecule has 3 rings (SSSR count). The summed E-state index contributed by atoms with van der Waals surface area (Å²) in [5.41, 5.74) is 2.34. The average Bonchev–Trinajstić information content (AvgIpc) is 3.19. The van der Waals surface area contributed by atoms with E-state index in [2.05, 4.69) is 24.9 Å². The Hall–Kier alpha value is -3.61. The van der Waals surface area contributed by atoms with E-state index < -0.39 is 12.0 Å². The number of hydrogen-bond donors (Lipinski definition) is 1. The van der Waals surface area contributed by atoms with E-state index in [-0.39, 0.29) is 5.91 Å². The third kappa shape index (κ3) is 7.20. The number of aromatic nitrogens is 1. The number of aryl methyl sites for hydroxylation is 1. The molecule has 1 aromatic heterocycles. The van der Waals surface area contributed by atoms with Crippen LogP contribution < -0.4 is 4.74 Å². The van der Waals surface area contributed by atoms with Gasteiger partial charge in [0.1, 0.15) is 11.5 Å². The molecule has 1 aliphatic rings. The van der Waals surface area contributed by atoms with Crippen LogP contribution in [0.25, 0.3) is 6.08 Å². The lowest BCUT2D eigenvalue weighted by molar-refractivity contribution is -0.149. The van der Waals surface area contributed by atoms with Crippen LogP contribution in [0.4, 0.5) is 0 Å². The summed E-state index contributed by atoms with van der Waals surface area (Å²) in [5.74, 6) is 1.19. The normalized spacial score (nSPS) is 15.9. The minimum Gasteiger partial charge on any atom is -0.493 e. The molecule has 7 nitrogen and oxygen atoms in total. The molecule has 1 aliphatic heterocycles. The summed E-state index contributed by atoms with van der Waals surface area (Å²) in [4.78, 5) is 30.7. The van der Waals surface area contributed by atoms with Crippen LogP contribution in [0.15, 0.2) is 53.0 Å². The van der Waals surface area contributed by atoms with Crippen LogP contribution >= 0.6 is 0 Å². The molecular formula is C29H36N2O5. The highest BCUT2D eigenvalue weighted by Gasteiger charge is 2.35. The van der Waals surface area contributed by atoms with Gasteiger partial charge in [-0.15, -0.1) is 0 Å². The average molecular weight is 493 g/mol. The largest absolute Gasteiger partial charge is 0.493 e. The third-order valence-electron chi connectivity index (χ3n) is 6.09. The van der Waals surface area contributed by atoms with Crippen LogP contribution in [0.3, 0.4) is 0 Å². The maximum Gasteiger partial charge on any atom is 0.331 e. The molecule has 192 valence electrons. The molecule has 0 spiro atoms. The Labute approximate surface area is 213 Å². The first-order valence-electron chi connectivity index (χ1n) is 12.5. The van der Waals surface area contributed by atoms with E-state index in [0.29, 0.717) is 49.1 Å². The van der Waals surface area contributed by atoms with Gasteiger partial charge in [0.2, 0.25) is 11.8 Å². The van der Waals surface area contributed by atoms with Gasteiger partial charge in [-0.25, -0.2) is 9.78 Å². The highest BCUT2D eigenvalue weighted by Crippen LogP contribution is 2.33. The summed E-state index contributed by atoms with van der Waals surface area (Å²) in [6.45, 7) is 8.86. The summed E-state index contributed by atoms with van der Waals surface area (Å²) < 4.78 is 11.7. The molecular weight excluding hydrogens is 456 g/mol.